The van der Waals surface area contributed by atoms with Gasteiger partial charge in [0.05, 0.1) is 0 Å². The quantitative estimate of drug-likeness (QED) is 0.821. The molecule has 0 unspecified atom stereocenters. The zero-order valence-corrected chi connectivity index (χ0v) is 7.57. The van der Waals surface area contributed by atoms with Gasteiger partial charge in [-0.2, -0.15) is 0 Å². The van der Waals surface area contributed by atoms with Crippen molar-refractivity contribution in [3.8, 4) is 11.5 Å². The fraction of sp³-hybridized carbons (Fsp3) is 0.222. The summed E-state index contributed by atoms with van der Waals surface area (Å²) in [6.45, 7) is -2.33. The molecule has 0 aliphatic rings. The third-order valence-corrected chi connectivity index (χ3v) is 1.62. The van der Waals surface area contributed by atoms with Crippen LogP contribution >= 0.6 is 0 Å². The molecule has 0 amide bonds. The smallest absolute Gasteiger partial charge is 0.343 e. The van der Waals surface area contributed by atoms with Crippen molar-refractivity contribution in [2.75, 3.05) is 13.7 Å². The van der Waals surface area contributed by atoms with Crippen LogP contribution in [0.2, 0.25) is 0 Å². The van der Waals surface area contributed by atoms with Crippen molar-refractivity contribution in [3.05, 3.63) is 23.8 Å². The summed E-state index contributed by atoms with van der Waals surface area (Å²) < 4.78 is 32.7. The molecule has 1 rings (SSSR count). The van der Waals surface area contributed by atoms with Crippen LogP contribution < -0.4 is 9.47 Å². The molecule has 0 aromatic heterocycles. The zero-order chi connectivity index (χ0) is 11.3. The van der Waals surface area contributed by atoms with E-state index in [4.69, 9.17) is 5.11 Å². The topological polar surface area (TPSA) is 55.8 Å². The van der Waals surface area contributed by atoms with Crippen molar-refractivity contribution < 1.29 is 28.2 Å². The maximum Gasteiger partial charge on any atom is 0.343 e. The average molecular weight is 218 g/mol. The van der Waals surface area contributed by atoms with Crippen molar-refractivity contribution in [1.82, 2.24) is 0 Å². The molecule has 0 radical (unpaired) electrons. The lowest BCUT2D eigenvalue weighted by Crippen LogP contribution is -2.06. The Morgan fingerprint density at radius 3 is 2.00 bits per heavy atom. The number of hydrogen-bond acceptors (Lipinski definition) is 3. The predicted molar refractivity (Wildman–Crippen MR) is 46.6 cm³/mol. The number of benzene rings is 1. The van der Waals surface area contributed by atoms with Gasteiger partial charge in [0.2, 0.25) is 13.7 Å². The maximum absolute atomic E-state index is 11.9. The van der Waals surface area contributed by atoms with Gasteiger partial charge in [0.25, 0.3) is 0 Å². The highest BCUT2D eigenvalue weighted by Crippen LogP contribution is 2.28. The summed E-state index contributed by atoms with van der Waals surface area (Å²) >= 11 is 0. The van der Waals surface area contributed by atoms with Gasteiger partial charge in [0.15, 0.2) is 0 Å². The highest BCUT2D eigenvalue weighted by Gasteiger charge is 2.17. The molecule has 0 bridgehead atoms. The van der Waals surface area contributed by atoms with Crippen LogP contribution in [0.3, 0.4) is 0 Å². The molecule has 15 heavy (non-hydrogen) atoms. The summed E-state index contributed by atoms with van der Waals surface area (Å²) in [5, 5.41) is 8.79. The summed E-state index contributed by atoms with van der Waals surface area (Å²) in [7, 11) is 0. The Morgan fingerprint density at radius 2 is 1.67 bits per heavy atom. The molecule has 0 saturated carbocycles. The zero-order valence-electron chi connectivity index (χ0n) is 7.57. The van der Waals surface area contributed by atoms with Crippen LogP contribution in [0.1, 0.15) is 10.4 Å². The lowest BCUT2D eigenvalue weighted by Gasteiger charge is -2.09. The van der Waals surface area contributed by atoms with Crippen LogP contribution in [0.25, 0.3) is 0 Å². The molecule has 0 atom stereocenters. The minimum absolute atomic E-state index is 0.198. The van der Waals surface area contributed by atoms with Gasteiger partial charge in [-0.1, -0.05) is 6.07 Å². The van der Waals surface area contributed by atoms with Crippen molar-refractivity contribution in [2.24, 2.45) is 0 Å². The van der Waals surface area contributed by atoms with Gasteiger partial charge < -0.3 is 14.6 Å². The number of alkyl halides is 2. The van der Waals surface area contributed by atoms with Crippen molar-refractivity contribution >= 4 is 5.97 Å². The molecule has 0 aliphatic carbocycles. The normalized spacial score (nSPS) is 9.73. The SMILES string of the molecule is O=C(O)c1c(OCF)cccc1OCF. The van der Waals surface area contributed by atoms with Crippen LogP contribution in [0.5, 0.6) is 11.5 Å². The van der Waals surface area contributed by atoms with Crippen LogP contribution in [0.15, 0.2) is 18.2 Å². The van der Waals surface area contributed by atoms with Gasteiger partial charge in [-0.15, -0.1) is 0 Å². The second kappa shape index (κ2) is 5.14. The van der Waals surface area contributed by atoms with Gasteiger partial charge in [0, 0.05) is 0 Å². The standard InChI is InChI=1S/C9H8F2O4/c10-4-14-6-2-1-3-7(15-5-11)8(6)9(12)13/h1-3H,4-5H2,(H,12,13). The van der Waals surface area contributed by atoms with Crippen LogP contribution in [0.4, 0.5) is 8.78 Å². The molecule has 82 valence electrons. The van der Waals surface area contributed by atoms with E-state index in [1.165, 1.54) is 18.2 Å². The number of carboxylic acids is 1. The van der Waals surface area contributed by atoms with Crippen LogP contribution in [-0.4, -0.2) is 24.8 Å². The Labute approximate surface area is 84.0 Å². The Morgan fingerprint density at radius 1 is 1.20 bits per heavy atom. The molecule has 4 nitrogen and oxygen atoms in total. The van der Waals surface area contributed by atoms with Crippen LogP contribution in [0, 0.1) is 0 Å². The molecule has 6 heteroatoms. The van der Waals surface area contributed by atoms with Crippen LogP contribution in [-0.2, 0) is 0 Å². The molecule has 0 aliphatic heterocycles. The van der Waals surface area contributed by atoms with Gasteiger partial charge >= 0.3 is 5.97 Å². The second-order valence-corrected chi connectivity index (χ2v) is 2.44. The fourth-order valence-corrected chi connectivity index (χ4v) is 1.08. The highest BCUT2D eigenvalue weighted by molar-refractivity contribution is 5.94. The van der Waals surface area contributed by atoms with Gasteiger partial charge in [-0.3, -0.25) is 0 Å². The summed E-state index contributed by atoms with van der Waals surface area (Å²) in [4.78, 5) is 10.8. The first kappa shape index (κ1) is 11.2. The summed E-state index contributed by atoms with van der Waals surface area (Å²) in [5.41, 5.74) is -0.396. The number of aromatic carboxylic acids is 1. The minimum atomic E-state index is -1.37. The third-order valence-electron chi connectivity index (χ3n) is 1.62. The van der Waals surface area contributed by atoms with E-state index in [0.717, 1.165) is 0 Å². The Balaban J connectivity index is 3.15. The molecule has 1 aromatic carbocycles. The molecular formula is C9H8F2O4. The summed E-state index contributed by atoms with van der Waals surface area (Å²) in [6, 6.07) is 3.89. The van der Waals surface area contributed by atoms with E-state index in [1.54, 1.807) is 0 Å². The van der Waals surface area contributed by atoms with Gasteiger partial charge in [-0.05, 0) is 12.1 Å². The largest absolute Gasteiger partial charge is 0.477 e. The predicted octanol–water partition coefficient (Wildman–Crippen LogP) is 2.00. The minimum Gasteiger partial charge on any atom is -0.477 e. The Hall–Kier alpha value is -1.85. The molecule has 1 aromatic rings. The lowest BCUT2D eigenvalue weighted by atomic mass is 10.2. The first-order valence-electron chi connectivity index (χ1n) is 3.94. The van der Waals surface area contributed by atoms with E-state index in [0.29, 0.717) is 0 Å². The molecule has 0 heterocycles. The molecular weight excluding hydrogens is 210 g/mol. The maximum atomic E-state index is 11.9. The van der Waals surface area contributed by atoms with Gasteiger partial charge in [-0.25, -0.2) is 13.6 Å². The lowest BCUT2D eigenvalue weighted by molar-refractivity contribution is 0.0681. The first-order chi connectivity index (χ1) is 7.20. The number of carboxylic acid groups (broad SMARTS) is 1. The number of halogens is 2. The Bertz CT molecular complexity index is 330. The van der Waals surface area contributed by atoms with E-state index in [-0.39, 0.29) is 11.5 Å². The van der Waals surface area contributed by atoms with E-state index < -0.39 is 25.3 Å². The fourth-order valence-electron chi connectivity index (χ4n) is 1.08. The second-order valence-electron chi connectivity index (χ2n) is 2.44. The number of ether oxygens (including phenoxy) is 2. The molecule has 0 fully saturated rings. The van der Waals surface area contributed by atoms with E-state index in [2.05, 4.69) is 9.47 Å². The van der Waals surface area contributed by atoms with Crippen molar-refractivity contribution in [1.29, 1.82) is 0 Å². The molecule has 1 N–H and O–H groups in total. The van der Waals surface area contributed by atoms with Crippen molar-refractivity contribution in [2.45, 2.75) is 0 Å². The van der Waals surface area contributed by atoms with E-state index >= 15 is 0 Å². The number of carbonyl (C=O) groups is 1. The van der Waals surface area contributed by atoms with Gasteiger partial charge in [0.1, 0.15) is 17.1 Å². The highest BCUT2D eigenvalue weighted by atomic mass is 19.1. The Kier molecular flexibility index (Phi) is 3.84. The average Bonchev–Trinajstić information content (AvgIpc) is 2.18. The third kappa shape index (κ3) is 2.55. The first-order valence-corrected chi connectivity index (χ1v) is 3.94. The summed E-state index contributed by atoms with van der Waals surface area (Å²) in [6.07, 6.45) is 0. The monoisotopic (exact) mass is 218 g/mol. The number of rotatable bonds is 5. The van der Waals surface area contributed by atoms with E-state index in [1.807, 2.05) is 0 Å². The molecule has 0 saturated heterocycles. The van der Waals surface area contributed by atoms with Crippen molar-refractivity contribution in [3.63, 3.8) is 0 Å². The summed E-state index contributed by atoms with van der Waals surface area (Å²) in [5.74, 6) is -1.77. The molecule has 0 spiro atoms. The number of hydrogen-bond donors (Lipinski definition) is 1. The van der Waals surface area contributed by atoms with E-state index in [9.17, 15) is 13.6 Å².